The third-order valence-corrected chi connectivity index (χ3v) is 3.46. The molecule has 0 aliphatic carbocycles. The quantitative estimate of drug-likeness (QED) is 0.654. The predicted molar refractivity (Wildman–Crippen MR) is 72.2 cm³/mol. The average Bonchev–Trinajstić information content (AvgIpc) is 2.28. The van der Waals surface area contributed by atoms with E-state index in [2.05, 4.69) is 17.6 Å². The fraction of sp³-hybridized carbons (Fsp3) is 0.500. The van der Waals surface area contributed by atoms with Crippen molar-refractivity contribution in [3.63, 3.8) is 0 Å². The van der Waals surface area contributed by atoms with Crippen LogP contribution in [0.15, 0.2) is 18.2 Å². The summed E-state index contributed by atoms with van der Waals surface area (Å²) in [6.45, 7) is 3.04. The van der Waals surface area contributed by atoms with Gasteiger partial charge in [-0.25, -0.2) is 0 Å². The smallest absolute Gasteiger partial charge is 0.310 e. The highest BCUT2D eigenvalue weighted by Crippen LogP contribution is 2.33. The monoisotopic (exact) mass is 269 g/mol. The third kappa shape index (κ3) is 2.91. The van der Waals surface area contributed by atoms with Gasteiger partial charge in [-0.15, -0.1) is 0 Å². The highest BCUT2D eigenvalue weighted by Gasteiger charge is 2.23. The molecule has 0 bridgehead atoms. The van der Waals surface area contributed by atoms with Crippen LogP contribution in [0.2, 0.25) is 5.02 Å². The molecule has 1 heterocycles. The lowest BCUT2D eigenvalue weighted by atomic mass is 10.0. The maximum Gasteiger partial charge on any atom is 0.310 e. The Morgan fingerprint density at radius 3 is 3.00 bits per heavy atom. The van der Waals surface area contributed by atoms with Crippen molar-refractivity contribution < 1.29 is 4.92 Å². The van der Waals surface area contributed by atoms with Gasteiger partial charge in [-0.2, -0.15) is 0 Å². The van der Waals surface area contributed by atoms with E-state index in [1.807, 2.05) is 0 Å². The minimum absolute atomic E-state index is 0.0367. The molecule has 0 radical (unpaired) electrons. The van der Waals surface area contributed by atoms with Crippen molar-refractivity contribution in [1.82, 2.24) is 5.32 Å². The molecule has 0 aromatic heterocycles. The van der Waals surface area contributed by atoms with Gasteiger partial charge in [0, 0.05) is 12.1 Å². The van der Waals surface area contributed by atoms with Crippen molar-refractivity contribution in [3.05, 3.63) is 33.3 Å². The Hall–Kier alpha value is -1.33. The van der Waals surface area contributed by atoms with E-state index in [4.69, 9.17) is 11.6 Å². The molecule has 0 saturated carbocycles. The van der Waals surface area contributed by atoms with Crippen LogP contribution in [-0.4, -0.2) is 23.6 Å². The zero-order valence-corrected chi connectivity index (χ0v) is 10.9. The number of nitrogens with one attached hydrogen (secondary N) is 2. The minimum Gasteiger partial charge on any atom is -0.377 e. The largest absolute Gasteiger partial charge is 0.377 e. The predicted octanol–water partition coefficient (Wildman–Crippen LogP) is 2.80. The van der Waals surface area contributed by atoms with Gasteiger partial charge in [-0.1, -0.05) is 17.7 Å². The number of nitro benzene ring substituents is 1. The summed E-state index contributed by atoms with van der Waals surface area (Å²) in [7, 11) is 0. The number of hydrogen-bond acceptors (Lipinski definition) is 4. The molecule has 0 spiro atoms. The summed E-state index contributed by atoms with van der Waals surface area (Å²) in [6.07, 6.45) is 1.90. The lowest BCUT2D eigenvalue weighted by Gasteiger charge is -2.29. The molecule has 0 amide bonds. The van der Waals surface area contributed by atoms with Crippen molar-refractivity contribution in [2.75, 3.05) is 11.9 Å². The summed E-state index contributed by atoms with van der Waals surface area (Å²) in [4.78, 5) is 10.6. The van der Waals surface area contributed by atoms with E-state index in [1.165, 1.54) is 6.07 Å². The molecular weight excluding hydrogens is 254 g/mol. The molecule has 1 saturated heterocycles. The topological polar surface area (TPSA) is 67.2 Å². The molecule has 6 heteroatoms. The first kappa shape index (κ1) is 13.1. The lowest BCUT2D eigenvalue weighted by molar-refractivity contribution is -0.383. The molecule has 98 valence electrons. The van der Waals surface area contributed by atoms with Gasteiger partial charge in [0.2, 0.25) is 0 Å². The summed E-state index contributed by atoms with van der Waals surface area (Å²) in [6, 6.07) is 5.64. The van der Waals surface area contributed by atoms with Gasteiger partial charge in [-0.3, -0.25) is 10.1 Å². The second-order valence-corrected chi connectivity index (χ2v) is 5.02. The Morgan fingerprint density at radius 2 is 2.33 bits per heavy atom. The van der Waals surface area contributed by atoms with Crippen molar-refractivity contribution in [2.24, 2.45) is 0 Å². The number of benzene rings is 1. The van der Waals surface area contributed by atoms with Gasteiger partial charge < -0.3 is 10.6 Å². The number of para-hydroxylation sites is 1. The standard InChI is InChI=1S/C12H16ClN3O2/c1-8-7-9(5-6-14-8)15-11-4-2-3-10(13)12(11)16(17)18/h2-4,8-9,14-15H,5-7H2,1H3. The van der Waals surface area contributed by atoms with Crippen LogP contribution in [0.3, 0.4) is 0 Å². The van der Waals surface area contributed by atoms with Crippen LogP contribution in [0.1, 0.15) is 19.8 Å². The molecule has 1 aromatic carbocycles. The van der Waals surface area contributed by atoms with Gasteiger partial charge in [0.1, 0.15) is 10.7 Å². The normalized spacial score (nSPS) is 23.7. The number of hydrogen-bond donors (Lipinski definition) is 2. The maximum atomic E-state index is 11.0. The van der Waals surface area contributed by atoms with E-state index in [0.29, 0.717) is 11.7 Å². The number of nitrogens with zero attached hydrogens (tertiary/aromatic N) is 1. The van der Waals surface area contributed by atoms with Crippen molar-refractivity contribution in [2.45, 2.75) is 31.8 Å². The fourth-order valence-corrected chi connectivity index (χ4v) is 2.54. The van der Waals surface area contributed by atoms with Crippen LogP contribution in [0.5, 0.6) is 0 Å². The van der Waals surface area contributed by atoms with Crippen LogP contribution in [0.25, 0.3) is 0 Å². The number of nitro groups is 1. The minimum atomic E-state index is -0.435. The number of rotatable bonds is 3. The first-order valence-corrected chi connectivity index (χ1v) is 6.38. The van der Waals surface area contributed by atoms with Crippen LogP contribution >= 0.6 is 11.6 Å². The van der Waals surface area contributed by atoms with E-state index >= 15 is 0 Å². The van der Waals surface area contributed by atoms with Crippen LogP contribution < -0.4 is 10.6 Å². The molecule has 1 aromatic rings. The van der Waals surface area contributed by atoms with E-state index < -0.39 is 4.92 Å². The molecule has 5 nitrogen and oxygen atoms in total. The van der Waals surface area contributed by atoms with Crippen LogP contribution in [0.4, 0.5) is 11.4 Å². The molecule has 1 fully saturated rings. The Morgan fingerprint density at radius 1 is 1.56 bits per heavy atom. The second kappa shape index (κ2) is 5.54. The lowest BCUT2D eigenvalue weighted by Crippen LogP contribution is -2.41. The summed E-state index contributed by atoms with van der Waals surface area (Å²) in [5.41, 5.74) is 0.469. The van der Waals surface area contributed by atoms with Gasteiger partial charge in [0.25, 0.3) is 0 Å². The highest BCUT2D eigenvalue weighted by molar-refractivity contribution is 6.33. The van der Waals surface area contributed by atoms with Gasteiger partial charge in [0.05, 0.1) is 4.92 Å². The first-order chi connectivity index (χ1) is 8.58. The number of piperidine rings is 1. The summed E-state index contributed by atoms with van der Waals surface area (Å²) in [5, 5.41) is 17.8. The zero-order valence-electron chi connectivity index (χ0n) is 10.1. The van der Waals surface area contributed by atoms with E-state index in [-0.39, 0.29) is 16.8 Å². The van der Waals surface area contributed by atoms with E-state index in [9.17, 15) is 10.1 Å². The molecule has 1 aliphatic heterocycles. The fourth-order valence-electron chi connectivity index (χ4n) is 2.30. The van der Waals surface area contributed by atoms with Crippen LogP contribution in [0, 0.1) is 10.1 Å². The molecule has 18 heavy (non-hydrogen) atoms. The molecule has 2 atom stereocenters. The molecule has 2 unspecified atom stereocenters. The molecular formula is C12H16ClN3O2. The zero-order chi connectivity index (χ0) is 13.1. The Kier molecular flexibility index (Phi) is 4.04. The second-order valence-electron chi connectivity index (χ2n) is 4.61. The number of anilines is 1. The SMILES string of the molecule is CC1CC(Nc2cccc(Cl)c2[N+](=O)[O-])CCN1. The summed E-state index contributed by atoms with van der Waals surface area (Å²) >= 11 is 5.88. The van der Waals surface area contributed by atoms with Crippen LogP contribution in [-0.2, 0) is 0 Å². The van der Waals surface area contributed by atoms with E-state index in [1.54, 1.807) is 12.1 Å². The van der Waals surface area contributed by atoms with Crippen molar-refractivity contribution in [1.29, 1.82) is 0 Å². The summed E-state index contributed by atoms with van der Waals surface area (Å²) < 4.78 is 0. The maximum absolute atomic E-state index is 11.0. The molecule has 1 aliphatic rings. The molecule has 2 N–H and O–H groups in total. The summed E-state index contributed by atoms with van der Waals surface area (Å²) in [5.74, 6) is 0. The van der Waals surface area contributed by atoms with E-state index in [0.717, 1.165) is 19.4 Å². The average molecular weight is 270 g/mol. The first-order valence-electron chi connectivity index (χ1n) is 6.00. The molecule has 2 rings (SSSR count). The third-order valence-electron chi connectivity index (χ3n) is 3.15. The highest BCUT2D eigenvalue weighted by atomic mass is 35.5. The number of halogens is 1. The van der Waals surface area contributed by atoms with Gasteiger partial charge >= 0.3 is 5.69 Å². The van der Waals surface area contributed by atoms with Gasteiger partial charge in [-0.05, 0) is 38.4 Å². The van der Waals surface area contributed by atoms with Crippen molar-refractivity contribution in [3.8, 4) is 0 Å². The Bertz CT molecular complexity index is 453. The Labute approximate surface area is 111 Å². The van der Waals surface area contributed by atoms with Gasteiger partial charge in [0.15, 0.2) is 0 Å². The Balaban J connectivity index is 2.18. The van der Waals surface area contributed by atoms with Crippen molar-refractivity contribution >= 4 is 23.0 Å².